The van der Waals surface area contributed by atoms with E-state index >= 15 is 0 Å². The lowest BCUT2D eigenvalue weighted by molar-refractivity contribution is -0.123. The van der Waals surface area contributed by atoms with Gasteiger partial charge in [0.2, 0.25) is 0 Å². The standard InChI is InChI=1S/C25H25N3O3S3/c1-15-9-6-7-12-18(15)28-22(30)20-21(26-23(28)33-14-19(29)25(2,3)4)27(24(32)34-20)16-10-8-11-17(13-16)31-5/h6-13H,14H2,1-5H3. The van der Waals surface area contributed by atoms with E-state index in [2.05, 4.69) is 0 Å². The summed E-state index contributed by atoms with van der Waals surface area (Å²) < 4.78 is 9.72. The van der Waals surface area contributed by atoms with Crippen LogP contribution in [0.25, 0.3) is 21.7 Å². The number of hydrogen-bond donors (Lipinski definition) is 0. The summed E-state index contributed by atoms with van der Waals surface area (Å²) in [5, 5.41) is 0.453. The van der Waals surface area contributed by atoms with Crippen LogP contribution in [0.15, 0.2) is 58.5 Å². The lowest BCUT2D eigenvalue weighted by Gasteiger charge is -2.18. The SMILES string of the molecule is COc1cccc(-n2c(=S)sc3c(=O)n(-c4ccccc4C)c(SCC(=O)C(C)(C)C)nc32)c1. The van der Waals surface area contributed by atoms with Gasteiger partial charge in [0.1, 0.15) is 16.2 Å². The molecule has 0 amide bonds. The minimum atomic E-state index is -0.485. The van der Waals surface area contributed by atoms with Crippen LogP contribution in [0, 0.1) is 16.3 Å². The van der Waals surface area contributed by atoms with E-state index in [4.69, 9.17) is 21.9 Å². The Morgan fingerprint density at radius 3 is 2.56 bits per heavy atom. The molecule has 0 N–H and O–H groups in total. The van der Waals surface area contributed by atoms with Gasteiger partial charge in [0.15, 0.2) is 14.8 Å². The number of Topliss-reactive ketones (excluding diaryl/α,β-unsaturated/α-hetero) is 1. The van der Waals surface area contributed by atoms with Gasteiger partial charge in [-0.25, -0.2) is 4.98 Å². The second-order valence-corrected chi connectivity index (χ2v) is 11.4. The quantitative estimate of drug-likeness (QED) is 0.180. The molecule has 0 bridgehead atoms. The first-order valence-corrected chi connectivity index (χ1v) is 12.9. The van der Waals surface area contributed by atoms with Crippen molar-refractivity contribution in [1.29, 1.82) is 0 Å². The van der Waals surface area contributed by atoms with Gasteiger partial charge >= 0.3 is 0 Å². The average Bonchev–Trinajstić information content (AvgIpc) is 3.13. The molecule has 0 aliphatic heterocycles. The van der Waals surface area contributed by atoms with Gasteiger partial charge in [0.25, 0.3) is 5.56 Å². The van der Waals surface area contributed by atoms with E-state index < -0.39 is 5.41 Å². The van der Waals surface area contributed by atoms with Crippen molar-refractivity contribution in [3.8, 4) is 17.1 Å². The lowest BCUT2D eigenvalue weighted by Crippen LogP contribution is -2.25. The molecule has 0 atom stereocenters. The maximum absolute atomic E-state index is 13.8. The molecular formula is C25H25N3O3S3. The molecular weight excluding hydrogens is 486 g/mol. The molecule has 6 nitrogen and oxygen atoms in total. The first kappa shape index (κ1) is 24.4. The summed E-state index contributed by atoms with van der Waals surface area (Å²) in [5.41, 5.74) is 2.22. The van der Waals surface area contributed by atoms with Crippen molar-refractivity contribution >= 4 is 51.4 Å². The van der Waals surface area contributed by atoms with Gasteiger partial charge in [-0.1, -0.05) is 68.1 Å². The Bertz CT molecular complexity index is 1510. The number of hydrogen-bond acceptors (Lipinski definition) is 7. The maximum Gasteiger partial charge on any atom is 0.278 e. The number of aryl methyl sites for hydroxylation is 1. The van der Waals surface area contributed by atoms with Gasteiger partial charge in [0, 0.05) is 11.5 Å². The summed E-state index contributed by atoms with van der Waals surface area (Å²) in [6.07, 6.45) is 0. The predicted molar refractivity (Wildman–Crippen MR) is 142 cm³/mol. The fourth-order valence-electron chi connectivity index (χ4n) is 3.38. The smallest absolute Gasteiger partial charge is 0.278 e. The second kappa shape index (κ2) is 9.48. The van der Waals surface area contributed by atoms with Gasteiger partial charge in [-0.15, -0.1) is 0 Å². The van der Waals surface area contributed by atoms with E-state index in [1.165, 1.54) is 23.1 Å². The van der Waals surface area contributed by atoms with Crippen molar-refractivity contribution in [2.75, 3.05) is 12.9 Å². The predicted octanol–water partition coefficient (Wildman–Crippen LogP) is 5.99. The molecule has 0 radical (unpaired) electrons. The summed E-state index contributed by atoms with van der Waals surface area (Å²) in [6.45, 7) is 7.62. The highest BCUT2D eigenvalue weighted by atomic mass is 32.2. The van der Waals surface area contributed by atoms with Crippen LogP contribution in [0.5, 0.6) is 5.75 Å². The number of para-hydroxylation sites is 1. The number of nitrogens with zero attached hydrogens (tertiary/aromatic N) is 3. The molecule has 4 aromatic rings. The van der Waals surface area contributed by atoms with Crippen LogP contribution in [0.2, 0.25) is 0 Å². The van der Waals surface area contributed by atoms with Crippen LogP contribution in [0.1, 0.15) is 26.3 Å². The van der Waals surface area contributed by atoms with Crippen molar-refractivity contribution < 1.29 is 9.53 Å². The van der Waals surface area contributed by atoms with Crippen LogP contribution in [-0.4, -0.2) is 32.8 Å². The van der Waals surface area contributed by atoms with Gasteiger partial charge in [-0.05, 0) is 42.9 Å². The molecule has 2 aromatic carbocycles. The minimum absolute atomic E-state index is 0.0816. The summed E-state index contributed by atoms with van der Waals surface area (Å²) in [4.78, 5) is 31.4. The van der Waals surface area contributed by atoms with Crippen molar-refractivity contribution in [3.63, 3.8) is 0 Å². The zero-order valence-electron chi connectivity index (χ0n) is 19.6. The van der Waals surface area contributed by atoms with Crippen LogP contribution >= 0.6 is 35.3 Å². The maximum atomic E-state index is 13.8. The molecule has 176 valence electrons. The molecule has 4 rings (SSSR count). The zero-order chi connectivity index (χ0) is 24.6. The highest BCUT2D eigenvalue weighted by Gasteiger charge is 2.24. The number of ether oxygens (including phenoxy) is 1. The molecule has 9 heteroatoms. The number of thiazole rings is 1. The highest BCUT2D eigenvalue weighted by Crippen LogP contribution is 2.30. The van der Waals surface area contributed by atoms with E-state index in [9.17, 15) is 9.59 Å². The molecule has 2 aromatic heterocycles. The van der Waals surface area contributed by atoms with Crippen molar-refractivity contribution in [2.24, 2.45) is 5.41 Å². The summed E-state index contributed by atoms with van der Waals surface area (Å²) in [7, 11) is 1.60. The second-order valence-electron chi connectivity index (χ2n) is 8.84. The van der Waals surface area contributed by atoms with E-state index in [-0.39, 0.29) is 17.1 Å². The first-order valence-electron chi connectivity index (χ1n) is 10.7. The molecule has 0 aliphatic rings. The normalized spacial score (nSPS) is 11.7. The number of methoxy groups -OCH3 is 1. The summed E-state index contributed by atoms with van der Waals surface area (Å²) in [6, 6.07) is 15.1. The number of thioether (sulfide) groups is 1. The number of aromatic nitrogens is 3. The third kappa shape index (κ3) is 4.60. The van der Waals surface area contributed by atoms with Gasteiger partial charge < -0.3 is 4.74 Å². The van der Waals surface area contributed by atoms with Crippen LogP contribution in [-0.2, 0) is 4.79 Å². The lowest BCUT2D eigenvalue weighted by atomic mass is 9.92. The highest BCUT2D eigenvalue weighted by molar-refractivity contribution is 7.99. The molecule has 0 saturated heterocycles. The fourth-order valence-corrected chi connectivity index (χ4v) is 5.84. The first-order chi connectivity index (χ1) is 16.1. The Labute approximate surface area is 211 Å². The summed E-state index contributed by atoms with van der Waals surface area (Å²) >= 11 is 8.15. The van der Waals surface area contributed by atoms with Gasteiger partial charge in [0.05, 0.1) is 24.2 Å². The molecule has 2 heterocycles. The molecule has 0 saturated carbocycles. The number of benzene rings is 2. The van der Waals surface area contributed by atoms with Crippen molar-refractivity contribution in [3.05, 3.63) is 68.4 Å². The minimum Gasteiger partial charge on any atom is -0.497 e. The van der Waals surface area contributed by atoms with Gasteiger partial charge in [-0.2, -0.15) is 0 Å². The third-order valence-electron chi connectivity index (χ3n) is 5.41. The van der Waals surface area contributed by atoms with Gasteiger partial charge in [-0.3, -0.25) is 18.7 Å². The average molecular weight is 512 g/mol. The molecule has 0 unspecified atom stereocenters. The zero-order valence-corrected chi connectivity index (χ0v) is 22.1. The number of rotatable bonds is 6. The fraction of sp³-hybridized carbons (Fsp3) is 0.280. The van der Waals surface area contributed by atoms with E-state index in [0.717, 1.165) is 16.9 Å². The Kier molecular flexibility index (Phi) is 6.80. The number of fused-ring (bicyclic) bond motifs is 1. The van der Waals surface area contributed by atoms with Crippen LogP contribution in [0.4, 0.5) is 0 Å². The molecule has 34 heavy (non-hydrogen) atoms. The number of carbonyl (C=O) groups excluding carboxylic acids is 1. The monoisotopic (exact) mass is 511 g/mol. The Morgan fingerprint density at radius 1 is 1.15 bits per heavy atom. The largest absolute Gasteiger partial charge is 0.497 e. The molecule has 0 spiro atoms. The Morgan fingerprint density at radius 2 is 1.88 bits per heavy atom. The topological polar surface area (TPSA) is 66.1 Å². The molecule has 0 aliphatic carbocycles. The number of ketones is 1. The van der Waals surface area contributed by atoms with Crippen LogP contribution < -0.4 is 10.3 Å². The van der Waals surface area contributed by atoms with E-state index in [0.29, 0.717) is 25.2 Å². The third-order valence-corrected chi connectivity index (χ3v) is 7.70. The Balaban J connectivity index is 1.98. The van der Waals surface area contributed by atoms with E-state index in [1.54, 1.807) is 16.2 Å². The molecule has 0 fully saturated rings. The van der Waals surface area contributed by atoms with Crippen LogP contribution in [0.3, 0.4) is 0 Å². The summed E-state index contributed by atoms with van der Waals surface area (Å²) in [5.74, 6) is 0.965. The van der Waals surface area contributed by atoms with Crippen molar-refractivity contribution in [1.82, 2.24) is 14.1 Å². The Hall–Kier alpha value is -2.75. The van der Waals surface area contributed by atoms with E-state index in [1.807, 2.05) is 76.2 Å². The number of carbonyl (C=O) groups is 1. The van der Waals surface area contributed by atoms with Crippen molar-refractivity contribution in [2.45, 2.75) is 32.9 Å².